The fourth-order valence-corrected chi connectivity index (χ4v) is 1.05. The van der Waals surface area contributed by atoms with Crippen LogP contribution in [0.2, 0.25) is 0 Å². The number of oxime groups is 1. The highest BCUT2D eigenvalue weighted by Crippen LogP contribution is 2.14. The summed E-state index contributed by atoms with van der Waals surface area (Å²) in [6.45, 7) is 6.87. The third kappa shape index (κ3) is 5.53. The molecule has 100 valence electrons. The van der Waals surface area contributed by atoms with Crippen LogP contribution < -0.4 is 11.1 Å². The summed E-state index contributed by atoms with van der Waals surface area (Å²) in [7, 11) is 0. The molecular formula is C11H23N3O3. The van der Waals surface area contributed by atoms with E-state index in [9.17, 15) is 4.79 Å². The van der Waals surface area contributed by atoms with Crippen molar-refractivity contribution in [1.29, 1.82) is 0 Å². The monoisotopic (exact) mass is 245 g/mol. The highest BCUT2D eigenvalue weighted by Gasteiger charge is 2.32. The predicted octanol–water partition coefficient (Wildman–Crippen LogP) is 0.692. The molecule has 0 rings (SSSR count). The summed E-state index contributed by atoms with van der Waals surface area (Å²) in [5.41, 5.74) is 4.41. The second-order valence-electron chi connectivity index (χ2n) is 4.33. The maximum Gasteiger partial charge on any atom is 0.233 e. The van der Waals surface area contributed by atoms with Gasteiger partial charge in [-0.25, -0.2) is 0 Å². The number of carbonyl (C=O) groups excluding carboxylic acids is 1. The Morgan fingerprint density at radius 1 is 1.47 bits per heavy atom. The molecule has 6 nitrogen and oxygen atoms in total. The van der Waals surface area contributed by atoms with Crippen molar-refractivity contribution in [3.63, 3.8) is 0 Å². The SMILES string of the molecule is CCCCOCCNC(=O)C(C)(C)/C(N)=N/O. The van der Waals surface area contributed by atoms with Gasteiger partial charge in [0.1, 0.15) is 5.41 Å². The molecule has 0 aromatic heterocycles. The lowest BCUT2D eigenvalue weighted by Gasteiger charge is -2.21. The third-order valence-electron chi connectivity index (χ3n) is 2.49. The molecule has 0 unspecified atom stereocenters. The minimum absolute atomic E-state index is 0.109. The number of amides is 1. The van der Waals surface area contributed by atoms with Crippen LogP contribution in [0.5, 0.6) is 0 Å². The maximum atomic E-state index is 11.7. The van der Waals surface area contributed by atoms with E-state index in [0.717, 1.165) is 12.8 Å². The second-order valence-corrected chi connectivity index (χ2v) is 4.33. The molecule has 4 N–H and O–H groups in total. The van der Waals surface area contributed by atoms with E-state index in [4.69, 9.17) is 15.7 Å². The smallest absolute Gasteiger partial charge is 0.233 e. The summed E-state index contributed by atoms with van der Waals surface area (Å²) >= 11 is 0. The zero-order chi connectivity index (χ0) is 13.3. The Labute approximate surface area is 102 Å². The predicted molar refractivity (Wildman–Crippen MR) is 65.9 cm³/mol. The van der Waals surface area contributed by atoms with Gasteiger partial charge in [0.2, 0.25) is 5.91 Å². The van der Waals surface area contributed by atoms with Crippen molar-refractivity contribution in [2.24, 2.45) is 16.3 Å². The second kappa shape index (κ2) is 7.89. The van der Waals surface area contributed by atoms with Gasteiger partial charge < -0.3 is 21.0 Å². The molecule has 0 aromatic carbocycles. The lowest BCUT2D eigenvalue weighted by atomic mass is 9.91. The number of amidine groups is 1. The average molecular weight is 245 g/mol. The molecule has 0 fully saturated rings. The van der Waals surface area contributed by atoms with Crippen molar-refractivity contribution in [3.05, 3.63) is 0 Å². The standard InChI is InChI=1S/C11H23N3O3/c1-4-5-7-17-8-6-13-10(15)11(2,3)9(12)14-16/h16H,4-8H2,1-3H3,(H2,12,14)(H,13,15). The molecule has 0 spiro atoms. The molecule has 1 amide bonds. The number of ether oxygens (including phenoxy) is 1. The zero-order valence-electron chi connectivity index (χ0n) is 10.8. The summed E-state index contributed by atoms with van der Waals surface area (Å²) in [6, 6.07) is 0. The van der Waals surface area contributed by atoms with Crippen LogP contribution in [0, 0.1) is 5.41 Å². The molecule has 0 radical (unpaired) electrons. The first-order valence-corrected chi connectivity index (χ1v) is 5.80. The van der Waals surface area contributed by atoms with Crippen LogP contribution in [0.15, 0.2) is 5.16 Å². The molecular weight excluding hydrogens is 222 g/mol. The first-order chi connectivity index (χ1) is 7.96. The molecule has 17 heavy (non-hydrogen) atoms. The van der Waals surface area contributed by atoms with E-state index in [2.05, 4.69) is 17.4 Å². The van der Waals surface area contributed by atoms with Crippen molar-refractivity contribution >= 4 is 11.7 Å². The van der Waals surface area contributed by atoms with Gasteiger partial charge in [0.05, 0.1) is 6.61 Å². The topological polar surface area (TPSA) is 96.9 Å². The van der Waals surface area contributed by atoms with Gasteiger partial charge in [-0.1, -0.05) is 18.5 Å². The molecule has 0 aliphatic rings. The Bertz CT molecular complexity index is 265. The lowest BCUT2D eigenvalue weighted by Crippen LogP contribution is -2.46. The van der Waals surface area contributed by atoms with E-state index in [1.807, 2.05) is 0 Å². The van der Waals surface area contributed by atoms with Crippen molar-refractivity contribution < 1.29 is 14.7 Å². The Morgan fingerprint density at radius 3 is 2.65 bits per heavy atom. The highest BCUT2D eigenvalue weighted by atomic mass is 16.5. The van der Waals surface area contributed by atoms with E-state index in [1.165, 1.54) is 0 Å². The molecule has 6 heteroatoms. The van der Waals surface area contributed by atoms with Crippen LogP contribution in [-0.4, -0.2) is 36.7 Å². The van der Waals surface area contributed by atoms with E-state index in [0.29, 0.717) is 19.8 Å². The van der Waals surface area contributed by atoms with Crippen LogP contribution in [0.1, 0.15) is 33.6 Å². The number of nitrogens with zero attached hydrogens (tertiary/aromatic N) is 1. The largest absolute Gasteiger partial charge is 0.409 e. The van der Waals surface area contributed by atoms with E-state index in [1.54, 1.807) is 13.8 Å². The summed E-state index contributed by atoms with van der Waals surface area (Å²) in [5.74, 6) is -0.395. The first-order valence-electron chi connectivity index (χ1n) is 5.80. The quantitative estimate of drug-likeness (QED) is 0.193. The fraction of sp³-hybridized carbons (Fsp3) is 0.818. The number of nitrogens with two attached hydrogens (primary N) is 1. The van der Waals surface area contributed by atoms with Gasteiger partial charge >= 0.3 is 0 Å². The van der Waals surface area contributed by atoms with Crippen molar-refractivity contribution in [3.8, 4) is 0 Å². The van der Waals surface area contributed by atoms with Crippen LogP contribution >= 0.6 is 0 Å². The Balaban J connectivity index is 3.86. The highest BCUT2D eigenvalue weighted by molar-refractivity contribution is 6.05. The van der Waals surface area contributed by atoms with Gasteiger partial charge in [-0.15, -0.1) is 0 Å². The summed E-state index contributed by atoms with van der Waals surface area (Å²) in [5, 5.41) is 14.1. The lowest BCUT2D eigenvalue weighted by molar-refractivity contribution is -0.126. The van der Waals surface area contributed by atoms with Crippen LogP contribution in [0.25, 0.3) is 0 Å². The Morgan fingerprint density at radius 2 is 2.12 bits per heavy atom. The molecule has 0 bridgehead atoms. The van der Waals surface area contributed by atoms with E-state index >= 15 is 0 Å². The number of hydrogen-bond acceptors (Lipinski definition) is 4. The van der Waals surface area contributed by atoms with Gasteiger partial charge in [0, 0.05) is 13.2 Å². The molecule has 0 aliphatic carbocycles. The first kappa shape index (κ1) is 15.7. The summed E-state index contributed by atoms with van der Waals surface area (Å²) < 4.78 is 5.30. The Hall–Kier alpha value is -1.30. The molecule has 0 saturated carbocycles. The number of unbranched alkanes of at least 4 members (excludes halogenated alkanes) is 1. The minimum Gasteiger partial charge on any atom is -0.409 e. The molecule has 0 heterocycles. The van der Waals surface area contributed by atoms with Gasteiger partial charge in [-0.3, -0.25) is 4.79 Å². The molecule has 0 atom stereocenters. The summed E-state index contributed by atoms with van der Waals surface area (Å²) in [6.07, 6.45) is 2.10. The van der Waals surface area contributed by atoms with Gasteiger partial charge in [0.15, 0.2) is 5.84 Å². The maximum absolute atomic E-state index is 11.7. The van der Waals surface area contributed by atoms with E-state index in [-0.39, 0.29) is 11.7 Å². The Kier molecular flexibility index (Phi) is 7.29. The zero-order valence-corrected chi connectivity index (χ0v) is 10.8. The van der Waals surface area contributed by atoms with Crippen molar-refractivity contribution in [2.75, 3.05) is 19.8 Å². The van der Waals surface area contributed by atoms with Crippen LogP contribution in [0.3, 0.4) is 0 Å². The number of nitrogens with one attached hydrogen (secondary N) is 1. The molecule has 0 saturated heterocycles. The molecule has 0 aliphatic heterocycles. The summed E-state index contributed by atoms with van der Waals surface area (Å²) in [4.78, 5) is 11.7. The number of carbonyl (C=O) groups is 1. The van der Waals surface area contributed by atoms with Gasteiger partial charge in [-0.05, 0) is 20.3 Å². The number of hydrogen-bond donors (Lipinski definition) is 3. The third-order valence-corrected chi connectivity index (χ3v) is 2.49. The van der Waals surface area contributed by atoms with Crippen LogP contribution in [-0.2, 0) is 9.53 Å². The van der Waals surface area contributed by atoms with Gasteiger partial charge in [-0.2, -0.15) is 0 Å². The van der Waals surface area contributed by atoms with E-state index < -0.39 is 5.41 Å². The molecule has 0 aromatic rings. The normalized spacial score (nSPS) is 12.5. The fourth-order valence-electron chi connectivity index (χ4n) is 1.05. The van der Waals surface area contributed by atoms with Gasteiger partial charge in [0.25, 0.3) is 0 Å². The van der Waals surface area contributed by atoms with Crippen molar-refractivity contribution in [2.45, 2.75) is 33.6 Å². The van der Waals surface area contributed by atoms with Crippen molar-refractivity contribution in [1.82, 2.24) is 5.32 Å². The van der Waals surface area contributed by atoms with Crippen LogP contribution in [0.4, 0.5) is 0 Å². The average Bonchev–Trinajstić information content (AvgIpc) is 2.31. The number of rotatable bonds is 8. The minimum atomic E-state index is -1.02.